The van der Waals surface area contributed by atoms with Crippen LogP contribution in [0.15, 0.2) is 53.5 Å². The monoisotopic (exact) mass is 389 g/mol. The number of pyridine rings is 1. The Balaban J connectivity index is 1.55. The summed E-state index contributed by atoms with van der Waals surface area (Å²) in [5, 5.41) is 14.1. The van der Waals surface area contributed by atoms with Crippen LogP contribution in [0.25, 0.3) is 17.0 Å². The summed E-state index contributed by atoms with van der Waals surface area (Å²) in [6, 6.07) is 13.9. The summed E-state index contributed by atoms with van der Waals surface area (Å²) >= 11 is 0. The van der Waals surface area contributed by atoms with Crippen LogP contribution >= 0.6 is 0 Å². The van der Waals surface area contributed by atoms with Crippen LogP contribution in [0.1, 0.15) is 30.7 Å². The van der Waals surface area contributed by atoms with Crippen molar-refractivity contribution in [3.63, 3.8) is 0 Å². The van der Waals surface area contributed by atoms with Crippen LogP contribution in [0.5, 0.6) is 0 Å². The standard InChI is InChI=1S/C21H23N7O/c1-14(2)27(12-16-5-7-17(8-6-16)21-23-25-26-24-21)13-18-10-20(29)28-11-15(3)4-9-19(28)22-18/h4-11,14H,12-13H2,1-3H3,(H,23,24,25,26). The first-order valence-corrected chi connectivity index (χ1v) is 9.55. The van der Waals surface area contributed by atoms with E-state index in [4.69, 9.17) is 0 Å². The fourth-order valence-electron chi connectivity index (χ4n) is 3.25. The lowest BCUT2D eigenvalue weighted by Crippen LogP contribution is -2.31. The number of hydrogen-bond acceptors (Lipinski definition) is 6. The maximum absolute atomic E-state index is 12.5. The third kappa shape index (κ3) is 4.22. The number of rotatable bonds is 6. The topological polar surface area (TPSA) is 92.1 Å². The zero-order valence-corrected chi connectivity index (χ0v) is 16.7. The minimum atomic E-state index is -0.0538. The second-order valence-electron chi connectivity index (χ2n) is 7.45. The van der Waals surface area contributed by atoms with Crippen molar-refractivity contribution in [3.8, 4) is 11.4 Å². The van der Waals surface area contributed by atoms with Crippen LogP contribution in [0, 0.1) is 6.92 Å². The fraction of sp³-hybridized carbons (Fsp3) is 0.286. The van der Waals surface area contributed by atoms with E-state index in [1.54, 1.807) is 10.5 Å². The molecule has 29 heavy (non-hydrogen) atoms. The van der Waals surface area contributed by atoms with Crippen LogP contribution in [-0.2, 0) is 13.1 Å². The summed E-state index contributed by atoms with van der Waals surface area (Å²) in [7, 11) is 0. The van der Waals surface area contributed by atoms with Crippen molar-refractivity contribution in [2.24, 2.45) is 0 Å². The molecular formula is C21H23N7O. The third-order valence-electron chi connectivity index (χ3n) is 4.90. The molecule has 148 valence electrons. The molecule has 0 saturated heterocycles. The zero-order valence-electron chi connectivity index (χ0n) is 16.7. The highest BCUT2D eigenvalue weighted by molar-refractivity contribution is 5.54. The van der Waals surface area contributed by atoms with E-state index in [9.17, 15) is 4.79 Å². The van der Waals surface area contributed by atoms with Crippen LogP contribution < -0.4 is 5.56 Å². The largest absolute Gasteiger partial charge is 0.291 e. The molecule has 0 spiro atoms. The molecule has 0 bridgehead atoms. The Labute approximate surface area is 168 Å². The molecule has 0 fully saturated rings. The minimum Gasteiger partial charge on any atom is -0.291 e. The highest BCUT2D eigenvalue weighted by Crippen LogP contribution is 2.17. The zero-order chi connectivity index (χ0) is 20.4. The van der Waals surface area contributed by atoms with E-state index in [2.05, 4.69) is 56.5 Å². The number of nitrogens with zero attached hydrogens (tertiary/aromatic N) is 6. The molecule has 8 heteroatoms. The summed E-state index contributed by atoms with van der Waals surface area (Å²) in [6.07, 6.45) is 1.82. The molecule has 0 radical (unpaired) electrons. The first-order valence-electron chi connectivity index (χ1n) is 9.55. The van der Waals surface area contributed by atoms with Gasteiger partial charge >= 0.3 is 0 Å². The number of fused-ring (bicyclic) bond motifs is 1. The van der Waals surface area contributed by atoms with Gasteiger partial charge in [-0.2, -0.15) is 5.21 Å². The van der Waals surface area contributed by atoms with E-state index in [1.165, 1.54) is 5.56 Å². The number of H-pyrrole nitrogens is 1. The van der Waals surface area contributed by atoms with Crippen molar-refractivity contribution in [2.75, 3.05) is 0 Å². The average molecular weight is 389 g/mol. The highest BCUT2D eigenvalue weighted by Gasteiger charge is 2.14. The predicted octanol–water partition coefficient (Wildman–Crippen LogP) is 2.59. The normalized spacial score (nSPS) is 11.6. The molecule has 4 aromatic rings. The number of tetrazole rings is 1. The number of hydrogen-bond donors (Lipinski definition) is 1. The summed E-state index contributed by atoms with van der Waals surface area (Å²) in [6.45, 7) is 7.60. The Hall–Kier alpha value is -3.39. The molecular weight excluding hydrogens is 366 g/mol. The minimum absolute atomic E-state index is 0.0538. The Morgan fingerprint density at radius 2 is 1.90 bits per heavy atom. The fourth-order valence-corrected chi connectivity index (χ4v) is 3.25. The molecule has 0 aliphatic rings. The van der Waals surface area contributed by atoms with Gasteiger partial charge in [-0.05, 0) is 43.2 Å². The van der Waals surface area contributed by atoms with Crippen molar-refractivity contribution in [2.45, 2.75) is 39.9 Å². The average Bonchev–Trinajstić information content (AvgIpc) is 3.23. The molecule has 0 unspecified atom stereocenters. The number of aryl methyl sites for hydroxylation is 1. The predicted molar refractivity (Wildman–Crippen MR) is 110 cm³/mol. The van der Waals surface area contributed by atoms with Gasteiger partial charge in [-0.15, -0.1) is 10.2 Å². The van der Waals surface area contributed by atoms with Crippen molar-refractivity contribution in [1.82, 2.24) is 34.9 Å². The lowest BCUT2D eigenvalue weighted by atomic mass is 10.1. The molecule has 0 saturated carbocycles. The summed E-state index contributed by atoms with van der Waals surface area (Å²) in [5.41, 5.74) is 4.50. The van der Waals surface area contributed by atoms with Crippen LogP contribution in [0.4, 0.5) is 0 Å². The molecule has 4 rings (SSSR count). The maximum atomic E-state index is 12.5. The molecule has 0 amide bonds. The Morgan fingerprint density at radius 3 is 2.59 bits per heavy atom. The van der Waals surface area contributed by atoms with E-state index >= 15 is 0 Å². The van der Waals surface area contributed by atoms with Crippen molar-refractivity contribution >= 4 is 5.65 Å². The van der Waals surface area contributed by atoms with Gasteiger partial charge in [-0.25, -0.2) is 4.98 Å². The van der Waals surface area contributed by atoms with E-state index in [0.29, 0.717) is 24.1 Å². The lowest BCUT2D eigenvalue weighted by molar-refractivity contribution is 0.201. The number of nitrogens with one attached hydrogen (secondary N) is 1. The summed E-state index contributed by atoms with van der Waals surface area (Å²) in [5.74, 6) is 0.577. The van der Waals surface area contributed by atoms with Gasteiger partial charge in [0.25, 0.3) is 5.56 Å². The second-order valence-corrected chi connectivity index (χ2v) is 7.45. The Bertz CT molecular complexity index is 1160. The maximum Gasteiger partial charge on any atom is 0.258 e. The smallest absolute Gasteiger partial charge is 0.258 e. The number of benzene rings is 1. The number of aromatic nitrogens is 6. The van der Waals surface area contributed by atoms with Gasteiger partial charge < -0.3 is 0 Å². The van der Waals surface area contributed by atoms with Gasteiger partial charge in [-0.1, -0.05) is 30.3 Å². The molecule has 0 aliphatic carbocycles. The van der Waals surface area contributed by atoms with Gasteiger partial charge in [0.05, 0.1) is 5.69 Å². The van der Waals surface area contributed by atoms with E-state index in [1.807, 2.05) is 37.4 Å². The summed E-state index contributed by atoms with van der Waals surface area (Å²) in [4.78, 5) is 19.5. The Morgan fingerprint density at radius 1 is 1.10 bits per heavy atom. The van der Waals surface area contributed by atoms with E-state index < -0.39 is 0 Å². The van der Waals surface area contributed by atoms with Crippen LogP contribution in [0.3, 0.4) is 0 Å². The highest BCUT2D eigenvalue weighted by atomic mass is 16.1. The van der Waals surface area contributed by atoms with Gasteiger partial charge in [0.1, 0.15) is 5.65 Å². The molecule has 0 atom stereocenters. The molecule has 1 aromatic carbocycles. The van der Waals surface area contributed by atoms with Crippen molar-refractivity contribution in [1.29, 1.82) is 0 Å². The van der Waals surface area contributed by atoms with Gasteiger partial charge in [-0.3, -0.25) is 14.1 Å². The van der Waals surface area contributed by atoms with E-state index in [0.717, 1.165) is 23.4 Å². The molecule has 3 aromatic heterocycles. The third-order valence-corrected chi connectivity index (χ3v) is 4.90. The van der Waals surface area contributed by atoms with Gasteiger partial charge in [0, 0.05) is 37.0 Å². The first kappa shape index (κ1) is 18.9. The Kier molecular flexibility index (Phi) is 5.18. The quantitative estimate of drug-likeness (QED) is 0.545. The van der Waals surface area contributed by atoms with Gasteiger partial charge in [0.15, 0.2) is 0 Å². The molecule has 1 N–H and O–H groups in total. The van der Waals surface area contributed by atoms with Crippen molar-refractivity contribution in [3.05, 3.63) is 75.8 Å². The first-order chi connectivity index (χ1) is 14.0. The second kappa shape index (κ2) is 7.92. The van der Waals surface area contributed by atoms with Crippen molar-refractivity contribution < 1.29 is 0 Å². The van der Waals surface area contributed by atoms with Crippen LogP contribution in [0.2, 0.25) is 0 Å². The molecule has 8 nitrogen and oxygen atoms in total. The van der Waals surface area contributed by atoms with E-state index in [-0.39, 0.29) is 5.56 Å². The van der Waals surface area contributed by atoms with Gasteiger partial charge in [0.2, 0.25) is 5.82 Å². The molecule has 3 heterocycles. The lowest BCUT2D eigenvalue weighted by Gasteiger charge is -2.26. The SMILES string of the molecule is Cc1ccc2nc(CN(Cc3ccc(-c4nn[nH]n4)cc3)C(C)C)cc(=O)n2c1. The van der Waals surface area contributed by atoms with Crippen LogP contribution in [-0.4, -0.2) is 41.0 Å². The number of aromatic amines is 1. The molecule has 0 aliphatic heterocycles. The summed E-state index contributed by atoms with van der Waals surface area (Å²) < 4.78 is 1.59.